The minimum Gasteiger partial charge on any atom is -0.481 e. The number of aromatic nitrogens is 2. The lowest BCUT2D eigenvalue weighted by molar-refractivity contribution is 0.396. The standard InChI is InChI=1S/C11H17N3O3S/c1-17-10-5-6-12-11(13-10)14(9-3-4-9)7-8-18(2,15)16/h5-6,9H,3-4,7-8H2,1-2H3. The minimum atomic E-state index is -2.98. The van der Waals surface area contributed by atoms with Crippen LogP contribution in [0.25, 0.3) is 0 Å². The number of hydrogen-bond donors (Lipinski definition) is 0. The van der Waals surface area contributed by atoms with Gasteiger partial charge in [0.05, 0.1) is 12.9 Å². The van der Waals surface area contributed by atoms with Crippen LogP contribution in [0.5, 0.6) is 5.88 Å². The van der Waals surface area contributed by atoms with Crippen LogP contribution in [0, 0.1) is 0 Å². The number of sulfone groups is 1. The summed E-state index contributed by atoms with van der Waals surface area (Å²) in [7, 11) is -1.43. The second-order valence-corrected chi connectivity index (χ2v) is 6.71. The van der Waals surface area contributed by atoms with E-state index in [0.717, 1.165) is 12.8 Å². The van der Waals surface area contributed by atoms with Crippen LogP contribution in [0.15, 0.2) is 12.3 Å². The van der Waals surface area contributed by atoms with E-state index in [1.54, 1.807) is 19.4 Å². The Balaban J connectivity index is 2.13. The molecule has 0 aliphatic heterocycles. The van der Waals surface area contributed by atoms with E-state index in [1.807, 2.05) is 4.90 Å². The van der Waals surface area contributed by atoms with E-state index in [0.29, 0.717) is 24.4 Å². The fourth-order valence-corrected chi connectivity index (χ4v) is 2.21. The zero-order valence-electron chi connectivity index (χ0n) is 10.5. The summed E-state index contributed by atoms with van der Waals surface area (Å²) < 4.78 is 27.5. The normalized spacial score (nSPS) is 15.4. The van der Waals surface area contributed by atoms with Gasteiger partial charge in [-0.3, -0.25) is 0 Å². The van der Waals surface area contributed by atoms with Gasteiger partial charge in [-0.25, -0.2) is 13.4 Å². The van der Waals surface area contributed by atoms with Crippen LogP contribution in [-0.2, 0) is 9.84 Å². The molecule has 1 saturated carbocycles. The SMILES string of the molecule is COc1ccnc(N(CCS(C)(=O)=O)C2CC2)n1. The molecule has 0 spiro atoms. The van der Waals surface area contributed by atoms with E-state index >= 15 is 0 Å². The molecule has 1 aliphatic rings. The fourth-order valence-electron chi connectivity index (χ4n) is 1.68. The van der Waals surface area contributed by atoms with Gasteiger partial charge in [-0.15, -0.1) is 0 Å². The Labute approximate surface area is 107 Å². The molecule has 0 amide bonds. The lowest BCUT2D eigenvalue weighted by atomic mass is 10.5. The zero-order chi connectivity index (χ0) is 13.2. The lowest BCUT2D eigenvalue weighted by Crippen LogP contribution is -2.32. The quantitative estimate of drug-likeness (QED) is 0.750. The van der Waals surface area contributed by atoms with Crippen molar-refractivity contribution in [3.63, 3.8) is 0 Å². The molecule has 0 aromatic carbocycles. The second-order valence-electron chi connectivity index (χ2n) is 4.45. The lowest BCUT2D eigenvalue weighted by Gasteiger charge is -2.21. The second kappa shape index (κ2) is 5.09. The van der Waals surface area contributed by atoms with Crippen molar-refractivity contribution in [2.75, 3.05) is 30.6 Å². The van der Waals surface area contributed by atoms with E-state index in [9.17, 15) is 8.42 Å². The first kappa shape index (κ1) is 13.1. The summed E-state index contributed by atoms with van der Waals surface area (Å²) in [5.74, 6) is 1.15. The number of rotatable bonds is 6. The largest absolute Gasteiger partial charge is 0.481 e. The smallest absolute Gasteiger partial charge is 0.228 e. The van der Waals surface area contributed by atoms with Gasteiger partial charge in [-0.2, -0.15) is 4.98 Å². The summed E-state index contributed by atoms with van der Waals surface area (Å²) in [6.07, 6.45) is 4.98. The number of nitrogens with zero attached hydrogens (tertiary/aromatic N) is 3. The highest BCUT2D eigenvalue weighted by molar-refractivity contribution is 7.90. The maximum Gasteiger partial charge on any atom is 0.228 e. The van der Waals surface area contributed by atoms with Crippen molar-refractivity contribution >= 4 is 15.8 Å². The third-order valence-electron chi connectivity index (χ3n) is 2.77. The van der Waals surface area contributed by atoms with E-state index in [1.165, 1.54) is 6.26 Å². The fraction of sp³-hybridized carbons (Fsp3) is 0.636. The van der Waals surface area contributed by atoms with Gasteiger partial charge in [-0.05, 0) is 12.8 Å². The Bertz CT molecular complexity index is 514. The maximum atomic E-state index is 11.2. The molecule has 0 radical (unpaired) electrons. The van der Waals surface area contributed by atoms with Gasteiger partial charge in [0, 0.05) is 31.1 Å². The first-order valence-electron chi connectivity index (χ1n) is 5.81. The highest BCUT2D eigenvalue weighted by Gasteiger charge is 2.31. The third-order valence-corrected chi connectivity index (χ3v) is 3.70. The number of ether oxygens (including phenoxy) is 1. The average molecular weight is 271 g/mol. The maximum absolute atomic E-state index is 11.2. The van der Waals surface area contributed by atoms with Gasteiger partial charge in [0.1, 0.15) is 9.84 Å². The summed E-state index contributed by atoms with van der Waals surface area (Å²) in [4.78, 5) is 10.4. The monoisotopic (exact) mass is 271 g/mol. The van der Waals surface area contributed by atoms with Crippen molar-refractivity contribution in [1.82, 2.24) is 9.97 Å². The first-order chi connectivity index (χ1) is 8.49. The van der Waals surface area contributed by atoms with Crippen molar-refractivity contribution in [3.05, 3.63) is 12.3 Å². The molecule has 2 rings (SSSR count). The van der Waals surface area contributed by atoms with Crippen LogP contribution in [0.2, 0.25) is 0 Å². The van der Waals surface area contributed by atoms with Gasteiger partial charge < -0.3 is 9.64 Å². The Hall–Kier alpha value is -1.37. The molecule has 7 heteroatoms. The van der Waals surface area contributed by atoms with Crippen molar-refractivity contribution in [2.24, 2.45) is 0 Å². The third kappa shape index (κ3) is 3.56. The van der Waals surface area contributed by atoms with E-state index in [-0.39, 0.29) is 5.75 Å². The Morgan fingerprint density at radius 2 is 2.22 bits per heavy atom. The van der Waals surface area contributed by atoms with Gasteiger partial charge in [0.15, 0.2) is 0 Å². The van der Waals surface area contributed by atoms with E-state index in [2.05, 4.69) is 9.97 Å². The van der Waals surface area contributed by atoms with Gasteiger partial charge in [0.25, 0.3) is 0 Å². The first-order valence-corrected chi connectivity index (χ1v) is 7.87. The molecule has 0 bridgehead atoms. The zero-order valence-corrected chi connectivity index (χ0v) is 11.4. The number of hydrogen-bond acceptors (Lipinski definition) is 6. The van der Waals surface area contributed by atoms with Crippen LogP contribution < -0.4 is 9.64 Å². The van der Waals surface area contributed by atoms with Crippen LogP contribution in [-0.4, -0.2) is 50.1 Å². The van der Waals surface area contributed by atoms with Crippen molar-refractivity contribution in [2.45, 2.75) is 18.9 Å². The van der Waals surface area contributed by atoms with Crippen molar-refractivity contribution in [3.8, 4) is 5.88 Å². The molecule has 0 saturated heterocycles. The Morgan fingerprint density at radius 1 is 1.50 bits per heavy atom. The molecular weight excluding hydrogens is 254 g/mol. The summed E-state index contributed by atoms with van der Waals surface area (Å²) in [5, 5.41) is 0. The summed E-state index contributed by atoms with van der Waals surface area (Å²) in [6, 6.07) is 2.03. The predicted octanol–water partition coefficient (Wildman–Crippen LogP) is 0.499. The molecule has 1 aromatic heterocycles. The minimum absolute atomic E-state index is 0.115. The van der Waals surface area contributed by atoms with Crippen molar-refractivity contribution in [1.29, 1.82) is 0 Å². The molecule has 1 fully saturated rings. The van der Waals surface area contributed by atoms with E-state index < -0.39 is 9.84 Å². The van der Waals surface area contributed by atoms with Gasteiger partial charge in [-0.1, -0.05) is 0 Å². The predicted molar refractivity (Wildman–Crippen MR) is 68.7 cm³/mol. The van der Waals surface area contributed by atoms with Crippen molar-refractivity contribution < 1.29 is 13.2 Å². The Kier molecular flexibility index (Phi) is 3.70. The summed E-state index contributed by atoms with van der Waals surface area (Å²) in [5.41, 5.74) is 0. The molecule has 6 nitrogen and oxygen atoms in total. The van der Waals surface area contributed by atoms with Crippen LogP contribution in [0.1, 0.15) is 12.8 Å². The molecule has 1 heterocycles. The van der Waals surface area contributed by atoms with Gasteiger partial charge >= 0.3 is 0 Å². The van der Waals surface area contributed by atoms with Crippen LogP contribution >= 0.6 is 0 Å². The highest BCUT2D eigenvalue weighted by Crippen LogP contribution is 2.30. The average Bonchev–Trinajstić information content (AvgIpc) is 3.12. The number of methoxy groups -OCH3 is 1. The molecule has 0 atom stereocenters. The molecule has 1 aliphatic carbocycles. The molecular formula is C11H17N3O3S. The van der Waals surface area contributed by atoms with E-state index in [4.69, 9.17) is 4.74 Å². The Morgan fingerprint density at radius 3 is 2.78 bits per heavy atom. The molecule has 0 unspecified atom stereocenters. The van der Waals surface area contributed by atoms with Crippen LogP contribution in [0.4, 0.5) is 5.95 Å². The summed E-state index contributed by atoms with van der Waals surface area (Å²) in [6.45, 7) is 0.427. The molecule has 18 heavy (non-hydrogen) atoms. The number of anilines is 1. The topological polar surface area (TPSA) is 72.4 Å². The molecule has 0 N–H and O–H groups in total. The molecule has 100 valence electrons. The van der Waals surface area contributed by atoms with Crippen LogP contribution in [0.3, 0.4) is 0 Å². The summed E-state index contributed by atoms with van der Waals surface area (Å²) >= 11 is 0. The molecule has 1 aromatic rings. The highest BCUT2D eigenvalue weighted by atomic mass is 32.2. The van der Waals surface area contributed by atoms with Gasteiger partial charge in [0.2, 0.25) is 11.8 Å².